The van der Waals surface area contributed by atoms with Crippen LogP contribution < -0.4 is 5.48 Å². The van der Waals surface area contributed by atoms with Gasteiger partial charge in [0.05, 0.1) is 11.7 Å². The number of hydrogen-bond donors (Lipinski definition) is 1. The summed E-state index contributed by atoms with van der Waals surface area (Å²) in [4.78, 5) is 16.5. The molecule has 0 fully saturated rings. The first kappa shape index (κ1) is 12.4. The fourth-order valence-corrected chi connectivity index (χ4v) is 1.62. The van der Waals surface area contributed by atoms with E-state index in [1.807, 2.05) is 22.6 Å². The van der Waals surface area contributed by atoms with Crippen LogP contribution in [0.5, 0.6) is 0 Å². The van der Waals surface area contributed by atoms with Crippen molar-refractivity contribution in [1.29, 1.82) is 0 Å². The maximum atomic E-state index is 12.8. The normalized spacial score (nSPS) is 10.5. The minimum Gasteiger partial charge on any atom is -0.271 e. The average Bonchev–Trinajstić information content (AvgIpc) is 2.14. The second kappa shape index (κ2) is 5.41. The predicted molar refractivity (Wildman–Crippen MR) is 62.8 cm³/mol. The van der Waals surface area contributed by atoms with Gasteiger partial charge in [0.15, 0.2) is 0 Å². The summed E-state index contributed by atoms with van der Waals surface area (Å²) in [5, 5.41) is 0. The molecule has 0 saturated heterocycles. The highest BCUT2D eigenvalue weighted by Gasteiger charge is 2.10. The zero-order valence-electron chi connectivity index (χ0n) is 8.38. The lowest BCUT2D eigenvalue weighted by molar-refractivity contribution is 0.000124. The summed E-state index contributed by atoms with van der Waals surface area (Å²) in [5.74, 6) is -0.728. The predicted octanol–water partition coefficient (Wildman–Crippen LogP) is 2.50. The fourth-order valence-electron chi connectivity index (χ4n) is 0.900. The third-order valence-electron chi connectivity index (χ3n) is 1.56. The van der Waals surface area contributed by atoms with Crippen molar-refractivity contribution in [2.24, 2.45) is 0 Å². The first-order valence-corrected chi connectivity index (χ1v) is 5.49. The molecular weight excluding hydrogens is 312 g/mol. The highest BCUT2D eigenvalue weighted by Crippen LogP contribution is 2.13. The Morgan fingerprint density at radius 2 is 2.20 bits per heavy atom. The molecule has 1 rings (SSSR count). The molecule has 0 bridgehead atoms. The zero-order chi connectivity index (χ0) is 11.4. The van der Waals surface area contributed by atoms with Crippen LogP contribution >= 0.6 is 22.6 Å². The van der Waals surface area contributed by atoms with Gasteiger partial charge in [-0.3, -0.25) is 9.63 Å². The molecule has 0 saturated carbocycles. The number of benzene rings is 1. The zero-order valence-corrected chi connectivity index (χ0v) is 10.5. The van der Waals surface area contributed by atoms with Gasteiger partial charge in [0.1, 0.15) is 5.82 Å². The van der Waals surface area contributed by atoms with E-state index in [1.165, 1.54) is 18.2 Å². The second-order valence-electron chi connectivity index (χ2n) is 3.22. The number of hydroxylamine groups is 1. The molecule has 0 aliphatic heterocycles. The molecule has 1 amide bonds. The Kier molecular flexibility index (Phi) is 4.46. The molecule has 0 aliphatic carbocycles. The lowest BCUT2D eigenvalue weighted by Gasteiger charge is -2.09. The average molecular weight is 323 g/mol. The van der Waals surface area contributed by atoms with Crippen LogP contribution in [0.3, 0.4) is 0 Å². The van der Waals surface area contributed by atoms with E-state index in [0.717, 1.165) is 0 Å². The van der Waals surface area contributed by atoms with Gasteiger partial charge in [-0.1, -0.05) is 0 Å². The summed E-state index contributed by atoms with van der Waals surface area (Å²) in [6, 6.07) is 3.97. The van der Waals surface area contributed by atoms with Gasteiger partial charge in [-0.2, -0.15) is 0 Å². The van der Waals surface area contributed by atoms with Gasteiger partial charge in [0, 0.05) is 3.57 Å². The molecule has 0 unspecified atom stereocenters. The molecule has 3 nitrogen and oxygen atoms in total. The molecular formula is C10H11FINO2. The quantitative estimate of drug-likeness (QED) is 0.686. The number of carbonyl (C=O) groups excluding carboxylic acids is 1. The van der Waals surface area contributed by atoms with E-state index in [0.29, 0.717) is 9.13 Å². The maximum Gasteiger partial charge on any atom is 0.275 e. The van der Waals surface area contributed by atoms with Crippen LogP contribution in [-0.4, -0.2) is 12.0 Å². The van der Waals surface area contributed by atoms with Crippen molar-refractivity contribution in [1.82, 2.24) is 5.48 Å². The van der Waals surface area contributed by atoms with Gasteiger partial charge in [0.2, 0.25) is 0 Å². The number of hydrogen-bond acceptors (Lipinski definition) is 2. The monoisotopic (exact) mass is 323 g/mol. The van der Waals surface area contributed by atoms with E-state index in [1.54, 1.807) is 13.8 Å². The van der Waals surface area contributed by atoms with Gasteiger partial charge in [0.25, 0.3) is 5.91 Å². The molecule has 0 spiro atoms. The summed E-state index contributed by atoms with van der Waals surface area (Å²) in [7, 11) is 0. The van der Waals surface area contributed by atoms with E-state index >= 15 is 0 Å². The van der Waals surface area contributed by atoms with Crippen LogP contribution in [0.25, 0.3) is 0 Å². The van der Waals surface area contributed by atoms with Crippen LogP contribution in [0.2, 0.25) is 0 Å². The van der Waals surface area contributed by atoms with Crippen molar-refractivity contribution >= 4 is 28.5 Å². The number of amides is 1. The maximum absolute atomic E-state index is 12.8. The van der Waals surface area contributed by atoms with Crippen molar-refractivity contribution in [3.05, 3.63) is 33.1 Å². The molecule has 0 radical (unpaired) electrons. The molecule has 1 aromatic carbocycles. The van der Waals surface area contributed by atoms with Gasteiger partial charge < -0.3 is 0 Å². The number of halogens is 2. The summed E-state index contributed by atoms with van der Waals surface area (Å²) >= 11 is 1.90. The van der Waals surface area contributed by atoms with Crippen LogP contribution in [0.1, 0.15) is 24.2 Å². The van der Waals surface area contributed by atoms with Crippen molar-refractivity contribution < 1.29 is 14.0 Å². The smallest absolute Gasteiger partial charge is 0.271 e. The van der Waals surface area contributed by atoms with Gasteiger partial charge in [-0.25, -0.2) is 9.87 Å². The second-order valence-corrected chi connectivity index (χ2v) is 4.38. The van der Waals surface area contributed by atoms with E-state index < -0.39 is 0 Å². The number of carbonyl (C=O) groups is 1. The van der Waals surface area contributed by atoms with Crippen molar-refractivity contribution in [2.75, 3.05) is 0 Å². The van der Waals surface area contributed by atoms with E-state index in [-0.39, 0.29) is 17.8 Å². The Morgan fingerprint density at radius 3 is 2.73 bits per heavy atom. The molecule has 0 atom stereocenters. The van der Waals surface area contributed by atoms with Gasteiger partial charge in [-0.05, 0) is 54.6 Å². The molecule has 0 aromatic heterocycles. The minimum atomic E-state index is -0.367. The highest BCUT2D eigenvalue weighted by atomic mass is 127. The Hall–Kier alpha value is -0.690. The SMILES string of the molecule is CC(C)ONC(=O)c1ccc(F)cc1I. The lowest BCUT2D eigenvalue weighted by Crippen LogP contribution is -2.27. The van der Waals surface area contributed by atoms with Crippen molar-refractivity contribution in [3.8, 4) is 0 Å². The largest absolute Gasteiger partial charge is 0.275 e. The topological polar surface area (TPSA) is 38.3 Å². The Morgan fingerprint density at radius 1 is 1.53 bits per heavy atom. The van der Waals surface area contributed by atoms with Gasteiger partial charge in [-0.15, -0.1) is 0 Å². The third-order valence-corrected chi connectivity index (χ3v) is 2.46. The first-order chi connectivity index (χ1) is 7.00. The first-order valence-electron chi connectivity index (χ1n) is 4.41. The van der Waals surface area contributed by atoms with Crippen LogP contribution in [0.4, 0.5) is 4.39 Å². The number of nitrogens with one attached hydrogen (secondary N) is 1. The lowest BCUT2D eigenvalue weighted by atomic mass is 10.2. The standard InChI is InChI=1S/C10H11FINO2/c1-6(2)15-13-10(14)8-4-3-7(11)5-9(8)12/h3-6H,1-2H3,(H,13,14). The third kappa shape index (κ3) is 3.75. The molecule has 82 valence electrons. The molecule has 1 N–H and O–H groups in total. The molecule has 0 heterocycles. The Bertz CT molecular complexity index is 368. The van der Waals surface area contributed by atoms with E-state index in [9.17, 15) is 9.18 Å². The minimum absolute atomic E-state index is 0.0907. The molecule has 15 heavy (non-hydrogen) atoms. The number of rotatable bonds is 3. The van der Waals surface area contributed by atoms with Crippen LogP contribution in [0, 0.1) is 9.39 Å². The fraction of sp³-hybridized carbons (Fsp3) is 0.300. The summed E-state index contributed by atoms with van der Waals surface area (Å²) < 4.78 is 13.3. The Balaban J connectivity index is 2.74. The van der Waals surface area contributed by atoms with Crippen LogP contribution in [0.15, 0.2) is 18.2 Å². The van der Waals surface area contributed by atoms with E-state index in [4.69, 9.17) is 4.84 Å². The molecule has 0 aliphatic rings. The highest BCUT2D eigenvalue weighted by molar-refractivity contribution is 14.1. The summed E-state index contributed by atoms with van der Waals surface area (Å²) in [6.07, 6.45) is -0.0907. The Labute approximate surface area is 101 Å². The van der Waals surface area contributed by atoms with Crippen LogP contribution in [-0.2, 0) is 4.84 Å². The molecule has 1 aromatic rings. The molecule has 5 heteroatoms. The van der Waals surface area contributed by atoms with E-state index in [2.05, 4.69) is 5.48 Å². The summed E-state index contributed by atoms with van der Waals surface area (Å²) in [5.41, 5.74) is 2.69. The van der Waals surface area contributed by atoms with Crippen molar-refractivity contribution in [3.63, 3.8) is 0 Å². The van der Waals surface area contributed by atoms with Gasteiger partial charge >= 0.3 is 0 Å². The summed E-state index contributed by atoms with van der Waals surface area (Å²) in [6.45, 7) is 3.60. The van der Waals surface area contributed by atoms with Crippen molar-refractivity contribution in [2.45, 2.75) is 20.0 Å².